The molecule has 0 aromatic carbocycles. The zero-order valence-corrected chi connectivity index (χ0v) is 8.91. The summed E-state index contributed by atoms with van der Waals surface area (Å²) in [5.41, 5.74) is 0.730. The number of anilines is 1. The Morgan fingerprint density at radius 3 is 3.00 bits per heavy atom. The van der Waals surface area contributed by atoms with E-state index in [-0.39, 0.29) is 5.69 Å². The molecular formula is C9H9BrN2O2. The topological polar surface area (TPSA) is 62.2 Å². The molecule has 14 heavy (non-hydrogen) atoms. The van der Waals surface area contributed by atoms with Crippen molar-refractivity contribution in [1.82, 2.24) is 4.98 Å². The molecule has 1 rings (SSSR count). The van der Waals surface area contributed by atoms with Gasteiger partial charge in [-0.3, -0.25) is 0 Å². The standard InChI is InChI=1S/C9H9BrN2O2/c1-6(10)5-12-7-2-3-11-8(4-7)9(13)14/h2-4H,1,5H2,(H,11,12)(H,13,14). The summed E-state index contributed by atoms with van der Waals surface area (Å²) in [6.07, 6.45) is 1.45. The van der Waals surface area contributed by atoms with Crippen molar-refractivity contribution in [3.05, 3.63) is 35.1 Å². The number of nitrogens with one attached hydrogen (secondary N) is 1. The third-order valence-electron chi connectivity index (χ3n) is 1.46. The van der Waals surface area contributed by atoms with Crippen molar-refractivity contribution in [2.24, 2.45) is 0 Å². The van der Waals surface area contributed by atoms with E-state index >= 15 is 0 Å². The van der Waals surface area contributed by atoms with Crippen LogP contribution in [0.15, 0.2) is 29.4 Å². The summed E-state index contributed by atoms with van der Waals surface area (Å²) in [6, 6.07) is 3.17. The summed E-state index contributed by atoms with van der Waals surface area (Å²) < 4.78 is 0.797. The number of pyridine rings is 1. The first kappa shape index (κ1) is 10.7. The predicted molar refractivity (Wildman–Crippen MR) is 57.8 cm³/mol. The normalized spacial score (nSPS) is 9.50. The molecule has 4 nitrogen and oxygen atoms in total. The predicted octanol–water partition coefficient (Wildman–Crippen LogP) is 2.10. The van der Waals surface area contributed by atoms with Crippen molar-refractivity contribution in [2.45, 2.75) is 0 Å². The summed E-state index contributed by atoms with van der Waals surface area (Å²) >= 11 is 3.19. The number of hydrogen-bond acceptors (Lipinski definition) is 3. The van der Waals surface area contributed by atoms with Crippen molar-refractivity contribution < 1.29 is 9.90 Å². The Kier molecular flexibility index (Phi) is 3.64. The number of rotatable bonds is 4. The fraction of sp³-hybridized carbons (Fsp3) is 0.111. The summed E-state index contributed by atoms with van der Waals surface area (Å²) in [6.45, 7) is 4.19. The van der Waals surface area contributed by atoms with Crippen LogP contribution in [0.4, 0.5) is 5.69 Å². The molecule has 0 spiro atoms. The minimum Gasteiger partial charge on any atom is -0.477 e. The lowest BCUT2D eigenvalue weighted by Crippen LogP contribution is -2.04. The van der Waals surface area contributed by atoms with Crippen LogP contribution in [0, 0.1) is 0 Å². The van der Waals surface area contributed by atoms with E-state index in [2.05, 4.69) is 32.8 Å². The molecule has 74 valence electrons. The van der Waals surface area contributed by atoms with E-state index in [1.54, 1.807) is 6.07 Å². The monoisotopic (exact) mass is 256 g/mol. The second-order valence-electron chi connectivity index (χ2n) is 2.61. The Labute approximate surface area is 89.8 Å². The molecule has 2 N–H and O–H groups in total. The highest BCUT2D eigenvalue weighted by Gasteiger charge is 2.04. The van der Waals surface area contributed by atoms with Gasteiger partial charge in [0.05, 0.1) is 0 Å². The highest BCUT2D eigenvalue weighted by atomic mass is 79.9. The van der Waals surface area contributed by atoms with Gasteiger partial charge in [-0.2, -0.15) is 0 Å². The molecule has 5 heteroatoms. The zero-order valence-electron chi connectivity index (χ0n) is 7.33. The third kappa shape index (κ3) is 3.18. The number of carbonyl (C=O) groups is 1. The molecule has 0 aliphatic heterocycles. The number of carboxylic acid groups (broad SMARTS) is 1. The highest BCUT2D eigenvalue weighted by Crippen LogP contribution is 2.09. The van der Waals surface area contributed by atoms with E-state index in [0.29, 0.717) is 12.2 Å². The maximum Gasteiger partial charge on any atom is 0.354 e. The average molecular weight is 257 g/mol. The fourth-order valence-corrected chi connectivity index (χ4v) is 0.996. The van der Waals surface area contributed by atoms with Gasteiger partial charge in [0.25, 0.3) is 0 Å². The van der Waals surface area contributed by atoms with Gasteiger partial charge in [0.1, 0.15) is 5.69 Å². The van der Waals surface area contributed by atoms with Gasteiger partial charge < -0.3 is 10.4 Å². The maximum absolute atomic E-state index is 10.6. The molecule has 0 bridgehead atoms. The van der Waals surface area contributed by atoms with Gasteiger partial charge in [0, 0.05) is 22.9 Å². The van der Waals surface area contributed by atoms with Crippen LogP contribution in [0.1, 0.15) is 10.5 Å². The van der Waals surface area contributed by atoms with Crippen LogP contribution < -0.4 is 5.32 Å². The molecule has 0 radical (unpaired) electrons. The van der Waals surface area contributed by atoms with Gasteiger partial charge in [-0.25, -0.2) is 9.78 Å². The van der Waals surface area contributed by atoms with Gasteiger partial charge in [0.15, 0.2) is 0 Å². The number of halogens is 1. The van der Waals surface area contributed by atoms with Gasteiger partial charge in [-0.1, -0.05) is 22.5 Å². The lowest BCUT2D eigenvalue weighted by Gasteiger charge is -2.04. The number of aromatic nitrogens is 1. The number of carboxylic acids is 1. The van der Waals surface area contributed by atoms with Gasteiger partial charge in [-0.05, 0) is 12.1 Å². The minimum absolute atomic E-state index is 0.0233. The first-order chi connectivity index (χ1) is 6.59. The Morgan fingerprint density at radius 2 is 2.43 bits per heavy atom. The van der Waals surface area contributed by atoms with Crippen LogP contribution in [0.5, 0.6) is 0 Å². The summed E-state index contributed by atoms with van der Waals surface area (Å²) in [5, 5.41) is 11.7. The number of hydrogen-bond donors (Lipinski definition) is 2. The molecule has 0 unspecified atom stereocenters. The van der Waals surface area contributed by atoms with Crippen molar-refractivity contribution in [3.8, 4) is 0 Å². The van der Waals surface area contributed by atoms with Gasteiger partial charge in [0.2, 0.25) is 0 Å². The van der Waals surface area contributed by atoms with E-state index in [0.717, 1.165) is 4.48 Å². The SMILES string of the molecule is C=C(Br)CNc1ccnc(C(=O)O)c1. The average Bonchev–Trinajstić information content (AvgIpc) is 2.15. The van der Waals surface area contributed by atoms with Crippen LogP contribution in [-0.4, -0.2) is 22.6 Å². The van der Waals surface area contributed by atoms with Crippen LogP contribution >= 0.6 is 15.9 Å². The van der Waals surface area contributed by atoms with Crippen molar-refractivity contribution in [3.63, 3.8) is 0 Å². The lowest BCUT2D eigenvalue weighted by molar-refractivity contribution is 0.0690. The Balaban J connectivity index is 2.73. The molecule has 0 atom stereocenters. The molecule has 0 amide bonds. The molecule has 0 saturated carbocycles. The van der Waals surface area contributed by atoms with Gasteiger partial charge >= 0.3 is 5.97 Å². The second-order valence-corrected chi connectivity index (χ2v) is 3.73. The molecule has 0 aliphatic rings. The number of aromatic carboxylic acids is 1. The Hall–Kier alpha value is -1.36. The quantitative estimate of drug-likeness (QED) is 0.867. The fourth-order valence-electron chi connectivity index (χ4n) is 0.855. The second kappa shape index (κ2) is 4.76. The van der Waals surface area contributed by atoms with E-state index in [4.69, 9.17) is 5.11 Å². The van der Waals surface area contributed by atoms with E-state index < -0.39 is 5.97 Å². The zero-order chi connectivity index (χ0) is 10.6. The third-order valence-corrected chi connectivity index (χ3v) is 1.74. The molecular weight excluding hydrogens is 248 g/mol. The summed E-state index contributed by atoms with van der Waals surface area (Å²) in [5.74, 6) is -1.04. The van der Waals surface area contributed by atoms with Crippen LogP contribution in [0.3, 0.4) is 0 Å². The molecule has 1 heterocycles. The smallest absolute Gasteiger partial charge is 0.354 e. The van der Waals surface area contributed by atoms with Crippen molar-refractivity contribution in [1.29, 1.82) is 0 Å². The molecule has 1 aromatic heterocycles. The molecule has 0 saturated heterocycles. The maximum atomic E-state index is 10.6. The Bertz CT molecular complexity index is 366. The van der Waals surface area contributed by atoms with E-state index in [1.165, 1.54) is 12.3 Å². The minimum atomic E-state index is -1.04. The lowest BCUT2D eigenvalue weighted by atomic mass is 10.3. The van der Waals surface area contributed by atoms with Crippen LogP contribution in [-0.2, 0) is 0 Å². The summed E-state index contributed by atoms with van der Waals surface area (Å²) in [7, 11) is 0. The molecule has 0 aliphatic carbocycles. The van der Waals surface area contributed by atoms with E-state index in [1.807, 2.05) is 0 Å². The highest BCUT2D eigenvalue weighted by molar-refractivity contribution is 9.11. The summed E-state index contributed by atoms with van der Waals surface area (Å²) in [4.78, 5) is 14.3. The first-order valence-electron chi connectivity index (χ1n) is 3.86. The number of nitrogens with zero attached hydrogens (tertiary/aromatic N) is 1. The van der Waals surface area contributed by atoms with Crippen molar-refractivity contribution in [2.75, 3.05) is 11.9 Å². The molecule has 0 fully saturated rings. The molecule has 1 aromatic rings. The van der Waals surface area contributed by atoms with Crippen molar-refractivity contribution >= 4 is 27.6 Å². The van der Waals surface area contributed by atoms with E-state index in [9.17, 15) is 4.79 Å². The van der Waals surface area contributed by atoms with Gasteiger partial charge in [-0.15, -0.1) is 0 Å². The largest absolute Gasteiger partial charge is 0.477 e. The van der Waals surface area contributed by atoms with Crippen LogP contribution in [0.25, 0.3) is 0 Å². The van der Waals surface area contributed by atoms with Crippen LogP contribution in [0.2, 0.25) is 0 Å². The Morgan fingerprint density at radius 1 is 1.71 bits per heavy atom. The first-order valence-corrected chi connectivity index (χ1v) is 4.65.